The molecule has 1 aromatic heterocycles. The maximum Gasteiger partial charge on any atom is 0.0553 e. The second-order valence-electron chi connectivity index (χ2n) is 20.5. The van der Waals surface area contributed by atoms with Crippen molar-refractivity contribution in [3.05, 3.63) is 266 Å². The maximum atomic E-state index is 2.52. The zero-order valence-corrected chi connectivity index (χ0v) is 40.6. The van der Waals surface area contributed by atoms with Gasteiger partial charge in [0, 0.05) is 38.6 Å². The normalized spacial score (nSPS) is 12.9. The van der Waals surface area contributed by atoms with Gasteiger partial charge in [0.15, 0.2) is 0 Å². The van der Waals surface area contributed by atoms with Gasteiger partial charge < -0.3 is 9.47 Å². The Hall–Kier alpha value is -9.24. The maximum absolute atomic E-state index is 2.52. The average molecular weight is 929 g/mol. The van der Waals surface area contributed by atoms with Crippen molar-refractivity contribution in [1.82, 2.24) is 4.57 Å². The lowest BCUT2D eigenvalue weighted by Gasteiger charge is -2.28. The van der Waals surface area contributed by atoms with Crippen LogP contribution in [0, 0.1) is 0 Å². The first-order valence-electron chi connectivity index (χ1n) is 25.5. The van der Waals surface area contributed by atoms with Crippen molar-refractivity contribution in [2.45, 2.75) is 19.3 Å². The van der Waals surface area contributed by atoms with Crippen LogP contribution in [0.15, 0.2) is 255 Å². The first-order valence-corrected chi connectivity index (χ1v) is 25.5. The van der Waals surface area contributed by atoms with Crippen LogP contribution in [0.2, 0.25) is 0 Å². The quantitative estimate of drug-likeness (QED) is 0.145. The molecule has 0 atom stereocenters. The van der Waals surface area contributed by atoms with Gasteiger partial charge in [-0.3, -0.25) is 0 Å². The van der Waals surface area contributed by atoms with E-state index in [4.69, 9.17) is 0 Å². The number of benzene rings is 13. The largest absolute Gasteiger partial charge is 0.310 e. The van der Waals surface area contributed by atoms with Gasteiger partial charge in [-0.15, -0.1) is 0 Å². The van der Waals surface area contributed by atoms with Crippen LogP contribution in [0.1, 0.15) is 25.0 Å². The van der Waals surface area contributed by atoms with E-state index >= 15 is 0 Å². The number of hydrogen-bond donors (Lipinski definition) is 0. The van der Waals surface area contributed by atoms with Crippen molar-refractivity contribution in [2.24, 2.45) is 0 Å². The summed E-state index contributed by atoms with van der Waals surface area (Å²) < 4.78 is 2.52. The van der Waals surface area contributed by atoms with E-state index in [1.807, 2.05) is 0 Å². The Morgan fingerprint density at radius 2 is 0.822 bits per heavy atom. The first kappa shape index (κ1) is 41.5. The first-order chi connectivity index (χ1) is 35.9. The number of fused-ring (bicyclic) bond motifs is 8. The molecule has 2 nitrogen and oxygen atoms in total. The Labute approximate surface area is 424 Å². The Morgan fingerprint density at radius 1 is 0.301 bits per heavy atom. The van der Waals surface area contributed by atoms with Gasteiger partial charge in [0.25, 0.3) is 0 Å². The van der Waals surface area contributed by atoms with Crippen molar-refractivity contribution < 1.29 is 0 Å². The number of aromatic nitrogens is 1. The Balaban J connectivity index is 0.864. The molecular formula is C71H48N2. The molecule has 15 rings (SSSR count). The molecule has 0 N–H and O–H groups in total. The third kappa shape index (κ3) is 6.37. The standard InChI is InChI=1S/C71H48N2/c1-71(2)63-42-53(30-37-59(63)60-39-36-57(44-64(60)71)72(55-32-25-47(26-33-55)45-13-5-3-6-14-45)56-34-27-48(28-35-56)46-15-7-4-8-16-46)52-31-40-66-62(41-52)70-61-38-29-51-20-11-19-50-23-24-54(69(61)68(50)51)43-67(70)73(66)65-22-12-18-49-17-9-10-21-58(49)65/h3-44H,1-2H3. The predicted octanol–water partition coefficient (Wildman–Crippen LogP) is 19.6. The lowest BCUT2D eigenvalue weighted by molar-refractivity contribution is 0.660. The summed E-state index contributed by atoms with van der Waals surface area (Å²) in [6.07, 6.45) is 0. The van der Waals surface area contributed by atoms with E-state index in [1.165, 1.54) is 126 Å². The molecule has 73 heavy (non-hydrogen) atoms. The van der Waals surface area contributed by atoms with Gasteiger partial charge in [-0.25, -0.2) is 0 Å². The summed E-state index contributed by atoms with van der Waals surface area (Å²) in [6.45, 7) is 4.81. The number of hydrogen-bond acceptors (Lipinski definition) is 1. The molecule has 1 heterocycles. The fourth-order valence-corrected chi connectivity index (χ4v) is 12.5. The molecule has 13 aromatic carbocycles. The molecule has 0 saturated carbocycles. The Morgan fingerprint density at radius 3 is 1.53 bits per heavy atom. The monoisotopic (exact) mass is 928 g/mol. The second-order valence-corrected chi connectivity index (χ2v) is 20.5. The third-order valence-electron chi connectivity index (χ3n) is 16.1. The van der Waals surface area contributed by atoms with Crippen LogP contribution in [-0.4, -0.2) is 4.57 Å². The highest BCUT2D eigenvalue weighted by molar-refractivity contribution is 6.33. The molecule has 0 fully saturated rings. The number of rotatable bonds is 7. The topological polar surface area (TPSA) is 8.17 Å². The summed E-state index contributed by atoms with van der Waals surface area (Å²) in [4.78, 5) is 2.41. The van der Waals surface area contributed by atoms with Gasteiger partial charge in [-0.1, -0.05) is 202 Å². The SMILES string of the molecule is CC1(C)c2cc(-c3ccc4c(c3)c3c5ccc6cccc7ccc(cc3n4-c3cccc4ccccc34)c5c76)ccc2-c2ccc(N(c3ccc(-c4ccccc4)cc3)c3ccc(-c4ccccc4)cc3)cc21. The van der Waals surface area contributed by atoms with Crippen molar-refractivity contribution in [3.8, 4) is 50.2 Å². The van der Waals surface area contributed by atoms with E-state index in [0.29, 0.717) is 0 Å². The summed E-state index contributed by atoms with van der Waals surface area (Å²) in [5.41, 5.74) is 19.3. The van der Waals surface area contributed by atoms with Crippen LogP contribution in [0.4, 0.5) is 17.1 Å². The molecule has 14 aromatic rings. The predicted molar refractivity (Wildman–Crippen MR) is 311 cm³/mol. The molecule has 1 aliphatic rings. The zero-order chi connectivity index (χ0) is 48.4. The van der Waals surface area contributed by atoms with Gasteiger partial charge >= 0.3 is 0 Å². The van der Waals surface area contributed by atoms with Gasteiger partial charge in [0.1, 0.15) is 0 Å². The Kier molecular flexibility index (Phi) is 9.04. The van der Waals surface area contributed by atoms with Gasteiger partial charge in [0.2, 0.25) is 0 Å². The van der Waals surface area contributed by atoms with E-state index in [0.717, 1.165) is 17.1 Å². The smallest absolute Gasteiger partial charge is 0.0553 e. The lowest BCUT2D eigenvalue weighted by atomic mass is 9.81. The highest BCUT2D eigenvalue weighted by Crippen LogP contribution is 2.52. The van der Waals surface area contributed by atoms with E-state index in [2.05, 4.69) is 278 Å². The van der Waals surface area contributed by atoms with Crippen molar-refractivity contribution >= 4 is 82.0 Å². The van der Waals surface area contributed by atoms with Crippen molar-refractivity contribution in [2.75, 3.05) is 4.90 Å². The Bertz CT molecular complexity index is 4380. The summed E-state index contributed by atoms with van der Waals surface area (Å²) in [7, 11) is 0. The fourth-order valence-electron chi connectivity index (χ4n) is 12.5. The van der Waals surface area contributed by atoms with Crippen molar-refractivity contribution in [1.29, 1.82) is 0 Å². The van der Waals surface area contributed by atoms with Crippen LogP contribution < -0.4 is 4.90 Å². The zero-order valence-electron chi connectivity index (χ0n) is 40.6. The summed E-state index contributed by atoms with van der Waals surface area (Å²) in [5, 5.41) is 12.9. The fraction of sp³-hybridized carbons (Fsp3) is 0.0423. The molecule has 1 aliphatic carbocycles. The minimum Gasteiger partial charge on any atom is -0.310 e. The molecular weight excluding hydrogens is 881 g/mol. The van der Waals surface area contributed by atoms with Gasteiger partial charge in [-0.05, 0) is 160 Å². The molecule has 0 spiro atoms. The summed E-state index contributed by atoms with van der Waals surface area (Å²) in [5.74, 6) is 0. The molecule has 0 radical (unpaired) electrons. The molecule has 2 heteroatoms. The summed E-state index contributed by atoms with van der Waals surface area (Å²) >= 11 is 0. The van der Waals surface area contributed by atoms with Crippen LogP contribution in [0.3, 0.4) is 0 Å². The molecule has 0 bridgehead atoms. The van der Waals surface area contributed by atoms with Gasteiger partial charge in [-0.2, -0.15) is 0 Å². The average Bonchev–Trinajstić information content (AvgIpc) is 3.89. The minimum atomic E-state index is -0.252. The van der Waals surface area contributed by atoms with Crippen LogP contribution >= 0.6 is 0 Å². The molecule has 342 valence electrons. The molecule has 0 aliphatic heterocycles. The van der Waals surface area contributed by atoms with E-state index in [-0.39, 0.29) is 5.41 Å². The van der Waals surface area contributed by atoms with E-state index in [9.17, 15) is 0 Å². The second kappa shape index (κ2) is 15.9. The molecule has 0 amide bonds. The van der Waals surface area contributed by atoms with Crippen LogP contribution in [0.5, 0.6) is 0 Å². The molecule has 0 unspecified atom stereocenters. The number of nitrogens with zero attached hydrogens (tertiary/aromatic N) is 2. The third-order valence-corrected chi connectivity index (χ3v) is 16.1. The van der Waals surface area contributed by atoms with Crippen molar-refractivity contribution in [3.63, 3.8) is 0 Å². The number of anilines is 3. The minimum absolute atomic E-state index is 0.252. The van der Waals surface area contributed by atoms with E-state index < -0.39 is 0 Å². The van der Waals surface area contributed by atoms with Crippen LogP contribution in [-0.2, 0) is 5.41 Å². The van der Waals surface area contributed by atoms with E-state index in [1.54, 1.807) is 0 Å². The van der Waals surface area contributed by atoms with Crippen LogP contribution in [0.25, 0.3) is 115 Å². The van der Waals surface area contributed by atoms with Gasteiger partial charge in [0.05, 0.1) is 16.7 Å². The molecule has 0 saturated heterocycles. The lowest BCUT2D eigenvalue weighted by Crippen LogP contribution is -2.16. The highest BCUT2D eigenvalue weighted by Gasteiger charge is 2.36. The summed E-state index contributed by atoms with van der Waals surface area (Å²) in [6, 6.07) is 94.7. The highest BCUT2D eigenvalue weighted by atomic mass is 15.1.